The van der Waals surface area contributed by atoms with Gasteiger partial charge in [-0.15, -0.1) is 0 Å². The molecular formula is C12H16BrN3O3. The fraction of sp³-hybridized carbons (Fsp3) is 0.500. The number of carbonyl (C=O) groups is 1. The Morgan fingerprint density at radius 2 is 2.16 bits per heavy atom. The Bertz CT molecular complexity index is 511. The van der Waals surface area contributed by atoms with Gasteiger partial charge in [-0.05, 0) is 34.7 Å². The predicted molar refractivity (Wildman–Crippen MR) is 74.9 cm³/mol. The van der Waals surface area contributed by atoms with Crippen LogP contribution in [-0.2, 0) is 9.53 Å². The highest BCUT2D eigenvalue weighted by molar-refractivity contribution is 9.10. The van der Waals surface area contributed by atoms with Crippen LogP contribution in [0, 0.1) is 5.92 Å². The second-order valence-electron chi connectivity index (χ2n) is 4.51. The van der Waals surface area contributed by atoms with Crippen molar-refractivity contribution in [3.63, 3.8) is 0 Å². The van der Waals surface area contributed by atoms with E-state index in [4.69, 9.17) is 10.5 Å². The van der Waals surface area contributed by atoms with Crippen LogP contribution in [0.15, 0.2) is 21.7 Å². The minimum atomic E-state index is -0.623. The lowest BCUT2D eigenvalue weighted by atomic mass is 9.92. The molecule has 104 valence electrons. The van der Waals surface area contributed by atoms with Crippen molar-refractivity contribution in [1.29, 1.82) is 0 Å². The Labute approximate surface area is 118 Å². The van der Waals surface area contributed by atoms with Gasteiger partial charge in [0.15, 0.2) is 0 Å². The molecule has 6 nitrogen and oxygen atoms in total. The first kappa shape index (κ1) is 14.2. The van der Waals surface area contributed by atoms with Crippen LogP contribution in [0.4, 0.5) is 5.69 Å². The number of ether oxygens (including phenoxy) is 1. The number of amides is 1. The highest BCUT2D eigenvalue weighted by Gasteiger charge is 2.27. The molecule has 0 bridgehead atoms. The summed E-state index contributed by atoms with van der Waals surface area (Å²) in [6.07, 6.45) is 4.49. The molecule has 1 amide bonds. The zero-order valence-corrected chi connectivity index (χ0v) is 11.9. The van der Waals surface area contributed by atoms with Crippen LogP contribution in [0.2, 0.25) is 0 Å². The molecule has 1 saturated heterocycles. The van der Waals surface area contributed by atoms with Crippen molar-refractivity contribution in [2.24, 2.45) is 11.7 Å². The molecule has 7 heteroatoms. The number of hydrogen-bond donors (Lipinski definition) is 3. The number of hydrogen-bond acceptors (Lipinski definition) is 4. The number of anilines is 1. The van der Waals surface area contributed by atoms with Gasteiger partial charge in [0.1, 0.15) is 5.69 Å². The lowest BCUT2D eigenvalue weighted by Gasteiger charge is -2.26. The summed E-state index contributed by atoms with van der Waals surface area (Å²) in [6.45, 7) is 1.26. The van der Waals surface area contributed by atoms with Crippen LogP contribution in [0.5, 0.6) is 0 Å². The topological polar surface area (TPSA) is 97.2 Å². The van der Waals surface area contributed by atoms with Crippen molar-refractivity contribution in [2.75, 3.05) is 18.5 Å². The number of pyridine rings is 1. The number of halogens is 1. The van der Waals surface area contributed by atoms with Gasteiger partial charge in [0.05, 0.1) is 10.5 Å². The molecule has 1 aliphatic heterocycles. The lowest BCUT2D eigenvalue weighted by Crippen LogP contribution is -2.44. The first-order valence-electron chi connectivity index (χ1n) is 6.10. The van der Waals surface area contributed by atoms with Crippen molar-refractivity contribution < 1.29 is 9.53 Å². The Kier molecular flexibility index (Phi) is 4.73. The van der Waals surface area contributed by atoms with E-state index in [0.717, 1.165) is 12.8 Å². The van der Waals surface area contributed by atoms with Gasteiger partial charge in [-0.1, -0.05) is 0 Å². The third kappa shape index (κ3) is 3.43. The van der Waals surface area contributed by atoms with Crippen LogP contribution >= 0.6 is 15.9 Å². The number of rotatable bonds is 3. The summed E-state index contributed by atoms with van der Waals surface area (Å²) < 4.78 is 5.60. The van der Waals surface area contributed by atoms with Gasteiger partial charge in [0.25, 0.3) is 0 Å². The average molecular weight is 330 g/mol. The molecule has 2 rings (SSSR count). The summed E-state index contributed by atoms with van der Waals surface area (Å²) >= 11 is 3.11. The van der Waals surface area contributed by atoms with Crippen molar-refractivity contribution in [2.45, 2.75) is 18.9 Å². The van der Waals surface area contributed by atoms with E-state index < -0.39 is 6.04 Å². The highest BCUT2D eigenvalue weighted by Crippen LogP contribution is 2.18. The monoisotopic (exact) mass is 329 g/mol. The van der Waals surface area contributed by atoms with E-state index in [2.05, 4.69) is 26.2 Å². The molecular weight excluding hydrogens is 314 g/mol. The van der Waals surface area contributed by atoms with Gasteiger partial charge in [0.2, 0.25) is 11.3 Å². The molecule has 1 unspecified atom stereocenters. The second kappa shape index (κ2) is 6.31. The van der Waals surface area contributed by atoms with Gasteiger partial charge in [-0.25, -0.2) is 0 Å². The second-order valence-corrected chi connectivity index (χ2v) is 5.37. The van der Waals surface area contributed by atoms with E-state index in [1.54, 1.807) is 0 Å². The normalized spacial score (nSPS) is 18.0. The fourth-order valence-corrected chi connectivity index (χ4v) is 2.40. The predicted octanol–water partition coefficient (Wildman–Crippen LogP) is 0.830. The van der Waals surface area contributed by atoms with Gasteiger partial charge >= 0.3 is 0 Å². The summed E-state index contributed by atoms with van der Waals surface area (Å²) in [5.74, 6) is -0.240. The SMILES string of the molecule is NC(C(=O)Nc1c[nH]cc(Br)c1=O)C1CCOCC1. The molecule has 1 fully saturated rings. The summed E-state index contributed by atoms with van der Waals surface area (Å²) in [7, 11) is 0. The number of nitrogens with one attached hydrogen (secondary N) is 2. The van der Waals surface area contributed by atoms with Gasteiger partial charge in [0, 0.05) is 25.6 Å². The van der Waals surface area contributed by atoms with Crippen LogP contribution in [-0.4, -0.2) is 30.1 Å². The molecule has 0 aliphatic carbocycles. The van der Waals surface area contributed by atoms with Gasteiger partial charge in [-0.2, -0.15) is 0 Å². The van der Waals surface area contributed by atoms with E-state index in [1.165, 1.54) is 12.4 Å². The Balaban J connectivity index is 2.04. The van der Waals surface area contributed by atoms with E-state index >= 15 is 0 Å². The lowest BCUT2D eigenvalue weighted by molar-refractivity contribution is -0.119. The quantitative estimate of drug-likeness (QED) is 0.765. The van der Waals surface area contributed by atoms with Crippen LogP contribution in [0.25, 0.3) is 0 Å². The maximum absolute atomic E-state index is 12.0. The molecule has 2 heterocycles. The van der Waals surface area contributed by atoms with E-state index in [1.807, 2.05) is 0 Å². The molecule has 1 aliphatic rings. The van der Waals surface area contributed by atoms with Crippen LogP contribution < -0.4 is 16.5 Å². The first-order valence-corrected chi connectivity index (χ1v) is 6.89. The zero-order valence-electron chi connectivity index (χ0n) is 10.3. The van der Waals surface area contributed by atoms with Crippen molar-refractivity contribution in [3.8, 4) is 0 Å². The smallest absolute Gasteiger partial charge is 0.241 e. The van der Waals surface area contributed by atoms with Crippen molar-refractivity contribution in [1.82, 2.24) is 4.98 Å². The Morgan fingerprint density at radius 3 is 2.84 bits per heavy atom. The van der Waals surface area contributed by atoms with E-state index in [-0.39, 0.29) is 22.9 Å². The minimum absolute atomic E-state index is 0.0972. The summed E-state index contributed by atoms with van der Waals surface area (Å²) in [6, 6.07) is -0.623. The molecule has 0 aromatic carbocycles. The summed E-state index contributed by atoms with van der Waals surface area (Å²) in [5, 5.41) is 2.57. The molecule has 4 N–H and O–H groups in total. The maximum Gasteiger partial charge on any atom is 0.241 e. The third-order valence-electron chi connectivity index (χ3n) is 3.23. The van der Waals surface area contributed by atoms with Crippen molar-refractivity contribution >= 4 is 27.5 Å². The third-order valence-corrected chi connectivity index (χ3v) is 3.82. The summed E-state index contributed by atoms with van der Waals surface area (Å²) in [5.41, 5.74) is 5.86. The summed E-state index contributed by atoms with van der Waals surface area (Å²) in [4.78, 5) is 26.6. The minimum Gasteiger partial charge on any atom is -0.381 e. The molecule has 0 radical (unpaired) electrons. The first-order chi connectivity index (χ1) is 9.09. The Morgan fingerprint density at radius 1 is 1.47 bits per heavy atom. The standard InChI is InChI=1S/C12H16BrN3O3/c13-8-5-15-6-9(11(8)17)16-12(18)10(14)7-1-3-19-4-2-7/h5-7,10H,1-4,14H2,(H,15,17)(H,16,18). The highest BCUT2D eigenvalue weighted by atomic mass is 79.9. The average Bonchev–Trinajstić information content (AvgIpc) is 2.44. The maximum atomic E-state index is 12.0. The van der Waals surface area contributed by atoms with E-state index in [9.17, 15) is 9.59 Å². The van der Waals surface area contributed by atoms with Crippen LogP contribution in [0.3, 0.4) is 0 Å². The molecule has 0 saturated carbocycles. The van der Waals surface area contributed by atoms with E-state index in [0.29, 0.717) is 17.7 Å². The number of carbonyl (C=O) groups excluding carboxylic acids is 1. The molecule has 1 aromatic rings. The largest absolute Gasteiger partial charge is 0.381 e. The molecule has 1 atom stereocenters. The molecule has 0 spiro atoms. The van der Waals surface area contributed by atoms with Crippen molar-refractivity contribution in [3.05, 3.63) is 27.1 Å². The number of aromatic amines is 1. The number of aromatic nitrogens is 1. The molecule has 19 heavy (non-hydrogen) atoms. The zero-order chi connectivity index (χ0) is 13.8. The Hall–Kier alpha value is -1.18. The van der Waals surface area contributed by atoms with Gasteiger partial charge < -0.3 is 20.8 Å². The van der Waals surface area contributed by atoms with Crippen LogP contribution in [0.1, 0.15) is 12.8 Å². The number of H-pyrrole nitrogens is 1. The number of nitrogens with two attached hydrogens (primary N) is 1. The molecule has 1 aromatic heterocycles. The fourth-order valence-electron chi connectivity index (χ4n) is 2.06. The van der Waals surface area contributed by atoms with Gasteiger partial charge in [-0.3, -0.25) is 9.59 Å².